The quantitative estimate of drug-likeness (QED) is 0.866. The van der Waals surface area contributed by atoms with Crippen molar-refractivity contribution >= 4 is 5.91 Å². The monoisotopic (exact) mass is 324 g/mol. The van der Waals surface area contributed by atoms with Gasteiger partial charge in [-0.3, -0.25) is 14.6 Å². The molecular formula is C18H20N4O2. The molecule has 1 aliphatic carbocycles. The van der Waals surface area contributed by atoms with Crippen LogP contribution in [0.5, 0.6) is 0 Å². The van der Waals surface area contributed by atoms with Crippen molar-refractivity contribution in [3.8, 4) is 0 Å². The minimum atomic E-state index is -0.0432. The van der Waals surface area contributed by atoms with Crippen molar-refractivity contribution in [2.24, 2.45) is 0 Å². The molecule has 0 aromatic carbocycles. The van der Waals surface area contributed by atoms with Crippen LogP contribution in [-0.4, -0.2) is 38.7 Å². The highest BCUT2D eigenvalue weighted by atomic mass is 16.2. The molecule has 1 saturated heterocycles. The third-order valence-corrected chi connectivity index (χ3v) is 4.87. The molecule has 2 aromatic heterocycles. The van der Waals surface area contributed by atoms with Crippen molar-refractivity contribution in [3.63, 3.8) is 0 Å². The standard InChI is InChI=1S/C18H20N4O2/c23-17-4-3-16(13-1-2-13)20-22(17)15-7-11-21(12-8-15)18(24)14-5-9-19-10-6-14/h3-6,9-10,13,15H,1-2,7-8,11-12H2. The van der Waals surface area contributed by atoms with Crippen molar-refractivity contribution in [2.45, 2.75) is 37.6 Å². The average Bonchev–Trinajstić information content (AvgIpc) is 3.48. The van der Waals surface area contributed by atoms with Crippen LogP contribution in [0.15, 0.2) is 41.5 Å². The lowest BCUT2D eigenvalue weighted by Crippen LogP contribution is -2.41. The Bertz CT molecular complexity index is 790. The molecule has 0 unspecified atom stereocenters. The van der Waals surface area contributed by atoms with Crippen LogP contribution in [0.3, 0.4) is 0 Å². The highest BCUT2D eigenvalue weighted by Crippen LogP contribution is 2.38. The summed E-state index contributed by atoms with van der Waals surface area (Å²) in [7, 11) is 0. The molecule has 2 aliphatic rings. The zero-order valence-electron chi connectivity index (χ0n) is 13.5. The van der Waals surface area contributed by atoms with Gasteiger partial charge in [0, 0.05) is 43.0 Å². The molecule has 6 heteroatoms. The molecule has 0 spiro atoms. The Hall–Kier alpha value is -2.50. The van der Waals surface area contributed by atoms with Crippen molar-refractivity contribution in [3.05, 3.63) is 58.3 Å². The first-order valence-electron chi connectivity index (χ1n) is 8.51. The van der Waals surface area contributed by atoms with Gasteiger partial charge < -0.3 is 4.90 Å². The van der Waals surface area contributed by atoms with Crippen LogP contribution in [0.4, 0.5) is 0 Å². The number of carbonyl (C=O) groups is 1. The Morgan fingerprint density at radius 1 is 1.00 bits per heavy atom. The number of pyridine rings is 1. The van der Waals surface area contributed by atoms with Crippen molar-refractivity contribution in [1.29, 1.82) is 0 Å². The SMILES string of the molecule is O=C(c1ccncc1)N1CCC(n2nc(C3CC3)ccc2=O)CC1. The van der Waals surface area contributed by atoms with Gasteiger partial charge in [-0.05, 0) is 43.9 Å². The largest absolute Gasteiger partial charge is 0.338 e. The van der Waals surface area contributed by atoms with Crippen LogP contribution in [0, 0.1) is 0 Å². The van der Waals surface area contributed by atoms with E-state index in [-0.39, 0.29) is 17.5 Å². The van der Waals surface area contributed by atoms with Crippen LogP contribution in [0.25, 0.3) is 0 Å². The number of hydrogen-bond donors (Lipinski definition) is 0. The fraction of sp³-hybridized carbons (Fsp3) is 0.444. The first-order valence-corrected chi connectivity index (χ1v) is 8.51. The maximum atomic E-state index is 12.5. The van der Waals surface area contributed by atoms with Gasteiger partial charge in [0.2, 0.25) is 0 Å². The number of amides is 1. The topological polar surface area (TPSA) is 68.1 Å². The highest BCUT2D eigenvalue weighted by Gasteiger charge is 2.28. The van der Waals surface area contributed by atoms with Gasteiger partial charge in [0.25, 0.3) is 11.5 Å². The van der Waals surface area contributed by atoms with E-state index in [2.05, 4.69) is 10.1 Å². The lowest BCUT2D eigenvalue weighted by Gasteiger charge is -2.32. The second kappa shape index (κ2) is 6.19. The molecule has 124 valence electrons. The Morgan fingerprint density at radius 3 is 2.38 bits per heavy atom. The second-order valence-electron chi connectivity index (χ2n) is 6.57. The molecule has 0 radical (unpaired) electrons. The van der Waals surface area contributed by atoms with Gasteiger partial charge >= 0.3 is 0 Å². The molecule has 2 aromatic rings. The average molecular weight is 324 g/mol. The van der Waals surface area contributed by atoms with Gasteiger partial charge in [0.1, 0.15) is 0 Å². The van der Waals surface area contributed by atoms with E-state index in [9.17, 15) is 9.59 Å². The number of carbonyl (C=O) groups excluding carboxylic acids is 1. The predicted molar refractivity (Wildman–Crippen MR) is 88.9 cm³/mol. The van der Waals surface area contributed by atoms with Crippen molar-refractivity contribution in [1.82, 2.24) is 19.7 Å². The molecule has 6 nitrogen and oxygen atoms in total. The van der Waals surface area contributed by atoms with Crippen LogP contribution in [-0.2, 0) is 0 Å². The van der Waals surface area contributed by atoms with E-state index in [1.807, 2.05) is 11.0 Å². The Morgan fingerprint density at radius 2 is 1.71 bits per heavy atom. The highest BCUT2D eigenvalue weighted by molar-refractivity contribution is 5.94. The van der Waals surface area contributed by atoms with Crippen LogP contribution in [0.2, 0.25) is 0 Å². The molecule has 1 amide bonds. The summed E-state index contributed by atoms with van der Waals surface area (Å²) in [6.07, 6.45) is 7.13. The molecule has 0 bridgehead atoms. The molecule has 1 saturated carbocycles. The summed E-state index contributed by atoms with van der Waals surface area (Å²) in [5, 5.41) is 4.58. The fourth-order valence-electron chi connectivity index (χ4n) is 3.29. The number of hydrogen-bond acceptors (Lipinski definition) is 4. The van der Waals surface area contributed by atoms with E-state index in [0.717, 1.165) is 18.5 Å². The minimum absolute atomic E-state index is 0.0305. The summed E-state index contributed by atoms with van der Waals surface area (Å²) < 4.78 is 1.64. The summed E-state index contributed by atoms with van der Waals surface area (Å²) in [6, 6.07) is 7.05. The van der Waals surface area contributed by atoms with E-state index < -0.39 is 0 Å². The lowest BCUT2D eigenvalue weighted by molar-refractivity contribution is 0.0687. The normalized spacial score (nSPS) is 18.6. The molecule has 0 atom stereocenters. The van der Waals surface area contributed by atoms with Crippen LogP contribution < -0.4 is 5.56 Å². The molecular weight excluding hydrogens is 304 g/mol. The zero-order valence-corrected chi connectivity index (χ0v) is 13.5. The molecule has 24 heavy (non-hydrogen) atoms. The van der Waals surface area contributed by atoms with E-state index in [4.69, 9.17) is 0 Å². The van der Waals surface area contributed by atoms with Gasteiger partial charge in [-0.1, -0.05) is 0 Å². The molecule has 2 fully saturated rings. The predicted octanol–water partition coefficient (Wildman–Crippen LogP) is 1.99. The van der Waals surface area contributed by atoms with Gasteiger partial charge in [-0.25, -0.2) is 4.68 Å². The maximum Gasteiger partial charge on any atom is 0.267 e. The molecule has 1 aliphatic heterocycles. The number of piperidine rings is 1. The Balaban J connectivity index is 1.46. The van der Waals surface area contributed by atoms with Crippen LogP contribution in [0.1, 0.15) is 53.7 Å². The Kier molecular flexibility index (Phi) is 3.88. The summed E-state index contributed by atoms with van der Waals surface area (Å²) in [4.78, 5) is 30.4. The first kappa shape index (κ1) is 15.1. The molecule has 3 heterocycles. The van der Waals surface area contributed by atoms with Gasteiger partial charge in [-0.2, -0.15) is 5.10 Å². The van der Waals surface area contributed by atoms with E-state index in [0.29, 0.717) is 24.6 Å². The van der Waals surface area contributed by atoms with Gasteiger partial charge in [0.15, 0.2) is 0 Å². The summed E-state index contributed by atoms with van der Waals surface area (Å²) in [5.41, 5.74) is 1.65. The summed E-state index contributed by atoms with van der Waals surface area (Å²) >= 11 is 0. The molecule has 4 rings (SSSR count). The zero-order chi connectivity index (χ0) is 16.5. The second-order valence-corrected chi connectivity index (χ2v) is 6.57. The first-order chi connectivity index (χ1) is 11.7. The van der Waals surface area contributed by atoms with E-state index in [1.54, 1.807) is 35.3 Å². The Labute approximate surface area is 140 Å². The van der Waals surface area contributed by atoms with Gasteiger partial charge in [0.05, 0.1) is 11.7 Å². The summed E-state index contributed by atoms with van der Waals surface area (Å²) in [6.45, 7) is 1.29. The minimum Gasteiger partial charge on any atom is -0.338 e. The number of nitrogens with zero attached hydrogens (tertiary/aromatic N) is 4. The van der Waals surface area contributed by atoms with Crippen molar-refractivity contribution < 1.29 is 4.79 Å². The lowest BCUT2D eigenvalue weighted by atomic mass is 10.0. The maximum absolute atomic E-state index is 12.5. The smallest absolute Gasteiger partial charge is 0.267 e. The fourth-order valence-corrected chi connectivity index (χ4v) is 3.29. The number of rotatable bonds is 3. The third kappa shape index (κ3) is 2.96. The van der Waals surface area contributed by atoms with Crippen LogP contribution >= 0.6 is 0 Å². The van der Waals surface area contributed by atoms with E-state index in [1.165, 1.54) is 12.8 Å². The number of aromatic nitrogens is 3. The number of likely N-dealkylation sites (tertiary alicyclic amines) is 1. The van der Waals surface area contributed by atoms with Crippen molar-refractivity contribution in [2.75, 3.05) is 13.1 Å². The summed E-state index contributed by atoms with van der Waals surface area (Å²) in [5.74, 6) is 0.563. The van der Waals surface area contributed by atoms with Gasteiger partial charge in [-0.15, -0.1) is 0 Å². The van der Waals surface area contributed by atoms with E-state index >= 15 is 0 Å². The molecule has 0 N–H and O–H groups in total. The third-order valence-electron chi connectivity index (χ3n) is 4.87.